The van der Waals surface area contributed by atoms with Gasteiger partial charge in [0.25, 0.3) is 0 Å². The van der Waals surface area contributed by atoms with Crippen LogP contribution in [0.4, 0.5) is 0 Å². The SMILES string of the molecule is CC=CC(=O)NC1CCCC1C#N. The van der Waals surface area contributed by atoms with Gasteiger partial charge >= 0.3 is 0 Å². The third kappa shape index (κ3) is 2.59. The number of hydrogen-bond acceptors (Lipinski definition) is 2. The van der Waals surface area contributed by atoms with Crippen molar-refractivity contribution in [2.24, 2.45) is 5.92 Å². The van der Waals surface area contributed by atoms with Gasteiger partial charge in [-0.25, -0.2) is 0 Å². The van der Waals surface area contributed by atoms with Crippen LogP contribution in [0.5, 0.6) is 0 Å². The molecule has 0 bridgehead atoms. The maximum absolute atomic E-state index is 11.2. The Hall–Kier alpha value is -1.30. The number of nitrogens with one attached hydrogen (secondary N) is 1. The van der Waals surface area contributed by atoms with Gasteiger partial charge in [0, 0.05) is 6.04 Å². The molecule has 0 aliphatic heterocycles. The summed E-state index contributed by atoms with van der Waals surface area (Å²) >= 11 is 0. The largest absolute Gasteiger partial charge is 0.349 e. The normalized spacial score (nSPS) is 27.4. The fourth-order valence-electron chi connectivity index (χ4n) is 1.67. The fraction of sp³-hybridized carbons (Fsp3) is 0.600. The standard InChI is InChI=1S/C10H14N2O/c1-2-4-10(13)12-9-6-3-5-8(9)7-11/h2,4,8-9H,3,5-6H2,1H3,(H,12,13). The average molecular weight is 178 g/mol. The Kier molecular flexibility index (Phi) is 3.51. The summed E-state index contributed by atoms with van der Waals surface area (Å²) in [7, 11) is 0. The van der Waals surface area contributed by atoms with E-state index in [1.54, 1.807) is 13.0 Å². The summed E-state index contributed by atoms with van der Waals surface area (Å²) in [4.78, 5) is 11.2. The van der Waals surface area contributed by atoms with E-state index in [-0.39, 0.29) is 17.9 Å². The fourth-order valence-corrected chi connectivity index (χ4v) is 1.67. The molecule has 0 aromatic heterocycles. The molecule has 0 radical (unpaired) electrons. The molecule has 1 N–H and O–H groups in total. The van der Waals surface area contributed by atoms with Gasteiger partial charge < -0.3 is 5.32 Å². The van der Waals surface area contributed by atoms with E-state index in [1.807, 2.05) is 0 Å². The van der Waals surface area contributed by atoms with Crippen LogP contribution in [0, 0.1) is 17.2 Å². The molecule has 0 spiro atoms. The molecule has 3 nitrogen and oxygen atoms in total. The van der Waals surface area contributed by atoms with Crippen LogP contribution in [-0.4, -0.2) is 11.9 Å². The Bertz CT molecular complexity index is 252. The first-order chi connectivity index (χ1) is 6.27. The third-order valence-corrected chi connectivity index (χ3v) is 2.33. The maximum Gasteiger partial charge on any atom is 0.243 e. The van der Waals surface area contributed by atoms with E-state index < -0.39 is 0 Å². The van der Waals surface area contributed by atoms with Crippen molar-refractivity contribution in [1.29, 1.82) is 5.26 Å². The minimum atomic E-state index is -0.0883. The zero-order valence-corrected chi connectivity index (χ0v) is 7.79. The molecule has 0 heterocycles. The van der Waals surface area contributed by atoms with E-state index in [0.29, 0.717) is 0 Å². The smallest absolute Gasteiger partial charge is 0.243 e. The van der Waals surface area contributed by atoms with Crippen LogP contribution in [0.1, 0.15) is 26.2 Å². The number of nitrogens with zero attached hydrogens (tertiary/aromatic N) is 1. The van der Waals surface area contributed by atoms with Crippen LogP contribution < -0.4 is 5.32 Å². The lowest BCUT2D eigenvalue weighted by molar-refractivity contribution is -0.117. The molecule has 0 aromatic carbocycles. The van der Waals surface area contributed by atoms with Gasteiger partial charge in [-0.1, -0.05) is 6.08 Å². The molecule has 1 aliphatic rings. The van der Waals surface area contributed by atoms with Crippen molar-refractivity contribution in [2.75, 3.05) is 0 Å². The van der Waals surface area contributed by atoms with Crippen LogP contribution in [-0.2, 0) is 4.79 Å². The predicted octanol–water partition coefficient (Wildman–Crippen LogP) is 1.37. The molecule has 1 fully saturated rings. The molecule has 1 aliphatic carbocycles. The molecular weight excluding hydrogens is 164 g/mol. The minimum absolute atomic E-state index is 0.00852. The van der Waals surface area contributed by atoms with Gasteiger partial charge in [-0.05, 0) is 32.3 Å². The van der Waals surface area contributed by atoms with Gasteiger partial charge in [0.05, 0.1) is 12.0 Å². The van der Waals surface area contributed by atoms with Gasteiger partial charge in [0.2, 0.25) is 5.91 Å². The van der Waals surface area contributed by atoms with Gasteiger partial charge in [-0.15, -0.1) is 0 Å². The highest BCUT2D eigenvalue weighted by atomic mass is 16.1. The monoisotopic (exact) mass is 178 g/mol. The molecule has 0 saturated heterocycles. The van der Waals surface area contributed by atoms with Crippen molar-refractivity contribution in [1.82, 2.24) is 5.32 Å². The first-order valence-corrected chi connectivity index (χ1v) is 4.60. The highest BCUT2D eigenvalue weighted by molar-refractivity contribution is 5.87. The Morgan fingerprint density at radius 1 is 1.62 bits per heavy atom. The number of rotatable bonds is 2. The number of carbonyl (C=O) groups excluding carboxylic acids is 1. The molecular formula is C10H14N2O. The molecule has 1 saturated carbocycles. The molecule has 70 valence electrons. The summed E-state index contributed by atoms with van der Waals surface area (Å²) in [6, 6.07) is 2.29. The Morgan fingerprint density at radius 3 is 3.00 bits per heavy atom. The molecule has 3 heteroatoms. The Morgan fingerprint density at radius 2 is 2.38 bits per heavy atom. The molecule has 1 rings (SSSR count). The quantitative estimate of drug-likeness (QED) is 0.649. The van der Waals surface area contributed by atoms with Crippen molar-refractivity contribution in [2.45, 2.75) is 32.2 Å². The number of allylic oxidation sites excluding steroid dienone is 1. The summed E-state index contributed by atoms with van der Waals surface area (Å²) in [6.45, 7) is 1.80. The summed E-state index contributed by atoms with van der Waals surface area (Å²) in [5.41, 5.74) is 0. The molecule has 1 amide bonds. The summed E-state index contributed by atoms with van der Waals surface area (Å²) in [5.74, 6) is -0.0798. The van der Waals surface area contributed by atoms with Crippen LogP contribution in [0.3, 0.4) is 0 Å². The molecule has 2 unspecified atom stereocenters. The lowest BCUT2D eigenvalue weighted by Crippen LogP contribution is -2.35. The van der Waals surface area contributed by atoms with Crippen LogP contribution in [0.2, 0.25) is 0 Å². The van der Waals surface area contributed by atoms with Crippen LogP contribution in [0.25, 0.3) is 0 Å². The first-order valence-electron chi connectivity index (χ1n) is 4.60. The van der Waals surface area contributed by atoms with Crippen LogP contribution >= 0.6 is 0 Å². The van der Waals surface area contributed by atoms with Gasteiger partial charge in [-0.3, -0.25) is 4.79 Å². The Balaban J connectivity index is 2.45. The number of amides is 1. The van der Waals surface area contributed by atoms with E-state index >= 15 is 0 Å². The summed E-state index contributed by atoms with van der Waals surface area (Å²) < 4.78 is 0. The van der Waals surface area contributed by atoms with E-state index in [9.17, 15) is 4.79 Å². The van der Waals surface area contributed by atoms with Crippen molar-refractivity contribution >= 4 is 5.91 Å². The highest BCUT2D eigenvalue weighted by Gasteiger charge is 2.27. The minimum Gasteiger partial charge on any atom is -0.349 e. The summed E-state index contributed by atoms with van der Waals surface area (Å²) in [6.07, 6.45) is 6.08. The van der Waals surface area contributed by atoms with E-state index in [0.717, 1.165) is 19.3 Å². The van der Waals surface area contributed by atoms with Crippen molar-refractivity contribution < 1.29 is 4.79 Å². The van der Waals surface area contributed by atoms with Crippen molar-refractivity contribution in [3.05, 3.63) is 12.2 Å². The van der Waals surface area contributed by atoms with E-state index in [1.165, 1.54) is 6.08 Å². The zero-order valence-electron chi connectivity index (χ0n) is 7.79. The average Bonchev–Trinajstić information content (AvgIpc) is 2.52. The lowest BCUT2D eigenvalue weighted by Gasteiger charge is -2.13. The van der Waals surface area contributed by atoms with Gasteiger partial charge in [0.15, 0.2) is 0 Å². The second-order valence-electron chi connectivity index (χ2n) is 3.28. The molecule has 0 aromatic rings. The first kappa shape index (κ1) is 9.79. The van der Waals surface area contributed by atoms with Crippen molar-refractivity contribution in [3.63, 3.8) is 0 Å². The van der Waals surface area contributed by atoms with Gasteiger partial charge in [0.1, 0.15) is 0 Å². The third-order valence-electron chi connectivity index (χ3n) is 2.33. The topological polar surface area (TPSA) is 52.9 Å². The van der Waals surface area contributed by atoms with E-state index in [4.69, 9.17) is 5.26 Å². The van der Waals surface area contributed by atoms with Gasteiger partial charge in [-0.2, -0.15) is 5.26 Å². The Labute approximate surface area is 78.4 Å². The maximum atomic E-state index is 11.2. The number of carbonyl (C=O) groups is 1. The van der Waals surface area contributed by atoms with Crippen molar-refractivity contribution in [3.8, 4) is 6.07 Å². The van der Waals surface area contributed by atoms with E-state index in [2.05, 4.69) is 11.4 Å². The van der Waals surface area contributed by atoms with Crippen LogP contribution in [0.15, 0.2) is 12.2 Å². The molecule has 13 heavy (non-hydrogen) atoms. The summed E-state index contributed by atoms with van der Waals surface area (Å²) in [5, 5.41) is 11.6. The lowest BCUT2D eigenvalue weighted by atomic mass is 10.1. The second kappa shape index (κ2) is 4.66. The zero-order chi connectivity index (χ0) is 9.68. The number of nitriles is 1. The highest BCUT2D eigenvalue weighted by Crippen LogP contribution is 2.24. The number of hydrogen-bond donors (Lipinski definition) is 1. The second-order valence-corrected chi connectivity index (χ2v) is 3.28. The molecule has 2 atom stereocenters. The predicted molar refractivity (Wildman–Crippen MR) is 49.7 cm³/mol.